The second kappa shape index (κ2) is 4.35. The normalized spacial score (nSPS) is 46.6. The summed E-state index contributed by atoms with van der Waals surface area (Å²) in [5.41, 5.74) is 8.73. The molecule has 1 amide bonds. The molecule has 1 spiro atoms. The molecule has 1 heterocycles. The number of amides is 1. The molecule has 3 aliphatic carbocycles. The van der Waals surface area contributed by atoms with Crippen molar-refractivity contribution in [1.82, 2.24) is 5.32 Å². The maximum Gasteiger partial charge on any atom is 0.241 e. The van der Waals surface area contributed by atoms with Gasteiger partial charge in [0.25, 0.3) is 0 Å². The topological polar surface area (TPSA) is 75.3 Å². The number of allylic oxidation sites excluding steroid dienone is 2. The number of hydrogen-bond donors (Lipinski definition) is 3. The predicted molar refractivity (Wildman–Crippen MR) is 85.0 cm³/mol. The van der Waals surface area contributed by atoms with E-state index < -0.39 is 11.6 Å². The van der Waals surface area contributed by atoms with Gasteiger partial charge in [0.05, 0.1) is 6.10 Å². The van der Waals surface area contributed by atoms with Crippen molar-refractivity contribution in [1.29, 1.82) is 0 Å². The highest BCUT2D eigenvalue weighted by atomic mass is 16.3. The zero-order valence-corrected chi connectivity index (χ0v) is 13.7. The number of carbonyl (C=O) groups excluding carboxylic acids is 1. The number of rotatable bonds is 1. The van der Waals surface area contributed by atoms with Crippen molar-refractivity contribution in [2.45, 2.75) is 82.4 Å². The molecule has 4 N–H and O–H groups in total. The van der Waals surface area contributed by atoms with E-state index >= 15 is 0 Å². The zero-order chi connectivity index (χ0) is 15.8. The molecule has 4 atom stereocenters. The summed E-state index contributed by atoms with van der Waals surface area (Å²) in [5.74, 6) is -0.171. The van der Waals surface area contributed by atoms with Crippen LogP contribution in [0.2, 0.25) is 0 Å². The van der Waals surface area contributed by atoms with Crippen molar-refractivity contribution >= 4 is 5.91 Å². The first-order valence-electron chi connectivity index (χ1n) is 8.77. The van der Waals surface area contributed by atoms with Crippen LogP contribution < -0.4 is 11.1 Å². The van der Waals surface area contributed by atoms with Crippen LogP contribution in [0.5, 0.6) is 0 Å². The van der Waals surface area contributed by atoms with Crippen LogP contribution in [-0.4, -0.2) is 28.2 Å². The third-order valence-corrected chi connectivity index (χ3v) is 7.02. The van der Waals surface area contributed by atoms with Gasteiger partial charge in [-0.3, -0.25) is 4.79 Å². The van der Waals surface area contributed by atoms with E-state index in [0.717, 1.165) is 38.5 Å². The number of aliphatic hydroxyl groups is 1. The highest BCUT2D eigenvalue weighted by Gasteiger charge is 2.63. The molecule has 0 aromatic carbocycles. The van der Waals surface area contributed by atoms with Gasteiger partial charge in [-0.1, -0.05) is 18.1 Å². The summed E-state index contributed by atoms with van der Waals surface area (Å²) in [7, 11) is 0. The molecule has 4 nitrogen and oxygen atoms in total. The van der Waals surface area contributed by atoms with Gasteiger partial charge in [0.1, 0.15) is 5.54 Å². The third-order valence-electron chi connectivity index (χ3n) is 7.02. The van der Waals surface area contributed by atoms with Crippen molar-refractivity contribution in [2.24, 2.45) is 17.1 Å². The average Bonchev–Trinajstić information content (AvgIpc) is 3.10. The van der Waals surface area contributed by atoms with Gasteiger partial charge >= 0.3 is 0 Å². The van der Waals surface area contributed by atoms with Crippen LogP contribution in [0, 0.1) is 11.3 Å². The molecule has 2 saturated carbocycles. The largest absolute Gasteiger partial charge is 0.393 e. The summed E-state index contributed by atoms with van der Waals surface area (Å²) in [4.78, 5) is 12.6. The van der Waals surface area contributed by atoms with E-state index in [1.54, 1.807) is 0 Å². The lowest BCUT2D eigenvalue weighted by Crippen LogP contribution is -2.59. The van der Waals surface area contributed by atoms with Crippen molar-refractivity contribution in [3.05, 3.63) is 11.1 Å². The number of hydrogen-bond acceptors (Lipinski definition) is 3. The minimum atomic E-state index is -0.887. The molecule has 22 heavy (non-hydrogen) atoms. The first kappa shape index (κ1) is 14.7. The van der Waals surface area contributed by atoms with Crippen LogP contribution in [0.15, 0.2) is 11.1 Å². The third kappa shape index (κ3) is 1.93. The summed E-state index contributed by atoms with van der Waals surface area (Å²) < 4.78 is 0. The quantitative estimate of drug-likeness (QED) is 0.649. The van der Waals surface area contributed by atoms with E-state index in [4.69, 9.17) is 5.73 Å². The average molecular weight is 304 g/mol. The van der Waals surface area contributed by atoms with Crippen LogP contribution in [-0.2, 0) is 4.79 Å². The van der Waals surface area contributed by atoms with Gasteiger partial charge in [-0.05, 0) is 63.7 Å². The Morgan fingerprint density at radius 3 is 2.68 bits per heavy atom. The summed E-state index contributed by atoms with van der Waals surface area (Å²) >= 11 is 0. The minimum Gasteiger partial charge on any atom is -0.393 e. The minimum absolute atomic E-state index is 0.0354. The van der Waals surface area contributed by atoms with E-state index in [-0.39, 0.29) is 22.8 Å². The van der Waals surface area contributed by atoms with E-state index in [1.165, 1.54) is 17.6 Å². The number of carbonyl (C=O) groups is 1. The standard InChI is InChI=1S/C18H28N2O2/c1-11-4-3-5-16(2)9-14(21)13(8-12(11)16)18(19)10-17(6-7-17)20-15(18)22/h13-14,21H,3-10,19H2,1-2H3,(H,20,22)/t13-,14-,16+,18+/m0/s1. The van der Waals surface area contributed by atoms with Gasteiger partial charge in [-0.25, -0.2) is 0 Å². The number of aliphatic hydroxyl groups excluding tert-OH is 1. The molecule has 0 aromatic rings. The Bertz CT molecular complexity index is 565. The second-order valence-corrected chi connectivity index (χ2v) is 8.71. The summed E-state index contributed by atoms with van der Waals surface area (Å²) in [6.07, 6.45) is 7.37. The first-order valence-corrected chi connectivity index (χ1v) is 8.77. The van der Waals surface area contributed by atoms with Gasteiger partial charge in [0.15, 0.2) is 0 Å². The molecular formula is C18H28N2O2. The highest BCUT2D eigenvalue weighted by Crippen LogP contribution is 2.56. The van der Waals surface area contributed by atoms with Crippen LogP contribution in [0.3, 0.4) is 0 Å². The molecule has 4 rings (SSSR count). The molecule has 4 heteroatoms. The number of nitrogens with one attached hydrogen (secondary N) is 1. The molecule has 0 bridgehead atoms. The second-order valence-electron chi connectivity index (χ2n) is 8.71. The Hall–Kier alpha value is -0.870. The molecular weight excluding hydrogens is 276 g/mol. The summed E-state index contributed by atoms with van der Waals surface area (Å²) in [5, 5.41) is 13.9. The Kier molecular flexibility index (Phi) is 2.91. The van der Waals surface area contributed by atoms with Crippen molar-refractivity contribution in [2.75, 3.05) is 0 Å². The molecule has 1 aliphatic heterocycles. The van der Waals surface area contributed by atoms with Crippen LogP contribution >= 0.6 is 0 Å². The SMILES string of the molecule is CC1=C2C[C@H]([C@]3(N)CC4(CC4)NC3=O)[C@@H](O)C[C@@]2(C)CCC1. The van der Waals surface area contributed by atoms with E-state index in [0.29, 0.717) is 6.42 Å². The van der Waals surface area contributed by atoms with Gasteiger partial charge < -0.3 is 16.2 Å². The number of nitrogens with two attached hydrogens (primary N) is 1. The Morgan fingerprint density at radius 1 is 1.32 bits per heavy atom. The molecule has 0 unspecified atom stereocenters. The summed E-state index contributed by atoms with van der Waals surface area (Å²) in [6.45, 7) is 4.51. The maximum absolute atomic E-state index is 12.6. The molecule has 4 aliphatic rings. The van der Waals surface area contributed by atoms with E-state index in [1.807, 2.05) is 0 Å². The van der Waals surface area contributed by atoms with Crippen molar-refractivity contribution in [3.63, 3.8) is 0 Å². The fourth-order valence-corrected chi connectivity index (χ4v) is 5.49. The van der Waals surface area contributed by atoms with E-state index in [9.17, 15) is 9.90 Å². The fourth-order valence-electron chi connectivity index (χ4n) is 5.49. The van der Waals surface area contributed by atoms with Crippen LogP contribution in [0.1, 0.15) is 65.2 Å². The molecule has 0 aromatic heterocycles. The van der Waals surface area contributed by atoms with Gasteiger partial charge in [-0.15, -0.1) is 0 Å². The molecule has 3 fully saturated rings. The van der Waals surface area contributed by atoms with Crippen molar-refractivity contribution in [3.8, 4) is 0 Å². The predicted octanol–water partition coefficient (Wildman–Crippen LogP) is 2.01. The maximum atomic E-state index is 12.6. The fraction of sp³-hybridized carbons (Fsp3) is 0.833. The zero-order valence-electron chi connectivity index (χ0n) is 13.7. The Morgan fingerprint density at radius 2 is 2.05 bits per heavy atom. The van der Waals surface area contributed by atoms with Crippen molar-refractivity contribution < 1.29 is 9.90 Å². The molecule has 122 valence electrons. The Labute approximate surface area is 132 Å². The highest BCUT2D eigenvalue weighted by molar-refractivity contribution is 5.90. The molecule has 0 radical (unpaired) electrons. The Balaban J connectivity index is 1.67. The van der Waals surface area contributed by atoms with Gasteiger partial charge in [-0.2, -0.15) is 0 Å². The monoisotopic (exact) mass is 304 g/mol. The lowest BCUT2D eigenvalue weighted by atomic mass is 9.57. The van der Waals surface area contributed by atoms with E-state index in [2.05, 4.69) is 19.2 Å². The smallest absolute Gasteiger partial charge is 0.241 e. The lowest BCUT2D eigenvalue weighted by Gasteiger charge is -2.49. The summed E-state index contributed by atoms with van der Waals surface area (Å²) in [6, 6.07) is 0. The van der Waals surface area contributed by atoms with Crippen LogP contribution in [0.4, 0.5) is 0 Å². The van der Waals surface area contributed by atoms with Gasteiger partial charge in [0, 0.05) is 11.5 Å². The lowest BCUT2D eigenvalue weighted by molar-refractivity contribution is -0.128. The molecule has 1 saturated heterocycles. The van der Waals surface area contributed by atoms with Crippen LogP contribution in [0.25, 0.3) is 0 Å². The van der Waals surface area contributed by atoms with Gasteiger partial charge in [0.2, 0.25) is 5.91 Å². The number of fused-ring (bicyclic) bond motifs is 1. The first-order chi connectivity index (χ1) is 10.3.